The molecule has 0 spiro atoms. The summed E-state index contributed by atoms with van der Waals surface area (Å²) in [6.45, 7) is 7.62. The van der Waals surface area contributed by atoms with E-state index in [1.807, 2.05) is 0 Å². The molecule has 2 saturated carbocycles. The molecule has 2 atom stereocenters. The monoisotopic (exact) mass is 463 g/mol. The maximum absolute atomic E-state index is 5.99. The summed E-state index contributed by atoms with van der Waals surface area (Å²) in [6, 6.07) is 0. The molecule has 1 N–H and O–H groups in total. The van der Waals surface area contributed by atoms with Gasteiger partial charge >= 0.3 is 0 Å². The van der Waals surface area contributed by atoms with Crippen LogP contribution in [0.5, 0.6) is 0 Å². The molecule has 0 aromatic heterocycles. The number of hydrogen-bond acceptors (Lipinski definition) is 3. The maximum atomic E-state index is 5.99. The van der Waals surface area contributed by atoms with Gasteiger partial charge in [-0.05, 0) is 63.2 Å². The number of rotatable bonds is 6. The summed E-state index contributed by atoms with van der Waals surface area (Å²) in [5.74, 6) is 3.87. The highest BCUT2D eigenvalue weighted by molar-refractivity contribution is 14.0. The van der Waals surface area contributed by atoms with Crippen LogP contribution in [0.25, 0.3) is 0 Å². The number of aliphatic imine (C=N–C) groups is 1. The lowest BCUT2D eigenvalue weighted by molar-refractivity contribution is -0.0817. The Morgan fingerprint density at radius 1 is 1.08 bits per heavy atom. The third-order valence-electron chi connectivity index (χ3n) is 6.01. The summed E-state index contributed by atoms with van der Waals surface area (Å²) in [5.41, 5.74) is 0. The van der Waals surface area contributed by atoms with Crippen molar-refractivity contribution in [2.75, 3.05) is 39.4 Å². The molecule has 0 bridgehead atoms. The van der Waals surface area contributed by atoms with Crippen molar-refractivity contribution in [2.45, 2.75) is 57.7 Å². The summed E-state index contributed by atoms with van der Waals surface area (Å²) in [4.78, 5) is 7.46. The van der Waals surface area contributed by atoms with Crippen LogP contribution in [0.3, 0.4) is 0 Å². The van der Waals surface area contributed by atoms with Gasteiger partial charge in [0.1, 0.15) is 6.10 Å². The number of guanidine groups is 1. The zero-order chi connectivity index (χ0) is 16.4. The minimum absolute atomic E-state index is 0. The van der Waals surface area contributed by atoms with Gasteiger partial charge < -0.3 is 19.7 Å². The molecule has 2 aliphatic carbocycles. The summed E-state index contributed by atoms with van der Waals surface area (Å²) < 4.78 is 11.8. The van der Waals surface area contributed by atoms with Crippen LogP contribution in [0.1, 0.15) is 45.4 Å². The Morgan fingerprint density at radius 2 is 1.80 bits per heavy atom. The standard InChI is InChI=1S/C19H33N3O2.HI/c1-2-20-19(21-12-16(14-5-6-14)15-7-8-15)22-9-11-24-18(13-22)17-4-3-10-23-17;/h14-18H,2-13H2,1H3,(H,20,21);1H. The molecule has 0 aromatic carbocycles. The molecule has 0 amide bonds. The molecule has 25 heavy (non-hydrogen) atoms. The molecule has 2 heterocycles. The molecule has 0 aromatic rings. The molecule has 2 aliphatic heterocycles. The first-order chi connectivity index (χ1) is 11.8. The second kappa shape index (κ2) is 9.22. The van der Waals surface area contributed by atoms with Gasteiger partial charge in [-0.2, -0.15) is 0 Å². The largest absolute Gasteiger partial charge is 0.375 e. The fourth-order valence-corrected chi connectivity index (χ4v) is 4.34. The van der Waals surface area contributed by atoms with Crippen molar-refractivity contribution in [1.82, 2.24) is 10.2 Å². The molecule has 2 saturated heterocycles. The van der Waals surface area contributed by atoms with E-state index in [-0.39, 0.29) is 36.2 Å². The normalized spacial score (nSPS) is 30.5. The van der Waals surface area contributed by atoms with Gasteiger partial charge in [0, 0.05) is 32.8 Å². The van der Waals surface area contributed by atoms with Crippen LogP contribution in [-0.4, -0.2) is 62.5 Å². The van der Waals surface area contributed by atoms with Gasteiger partial charge in [0.2, 0.25) is 0 Å². The predicted octanol–water partition coefficient (Wildman–Crippen LogP) is 2.89. The first-order valence-corrected chi connectivity index (χ1v) is 10.1. The van der Waals surface area contributed by atoms with Crippen molar-refractivity contribution < 1.29 is 9.47 Å². The molecule has 5 nitrogen and oxygen atoms in total. The van der Waals surface area contributed by atoms with E-state index in [2.05, 4.69) is 17.1 Å². The van der Waals surface area contributed by atoms with Crippen LogP contribution in [0.2, 0.25) is 0 Å². The van der Waals surface area contributed by atoms with Gasteiger partial charge in [-0.1, -0.05) is 0 Å². The topological polar surface area (TPSA) is 46.1 Å². The average Bonchev–Trinajstić information content (AvgIpc) is 3.55. The summed E-state index contributed by atoms with van der Waals surface area (Å²) in [7, 11) is 0. The second-order valence-corrected chi connectivity index (χ2v) is 7.94. The zero-order valence-corrected chi connectivity index (χ0v) is 17.8. The highest BCUT2D eigenvalue weighted by Gasteiger charge is 2.41. The van der Waals surface area contributed by atoms with E-state index in [0.717, 1.165) is 69.5 Å². The Hall–Kier alpha value is -0.0800. The van der Waals surface area contributed by atoms with Gasteiger partial charge in [0.15, 0.2) is 5.96 Å². The zero-order valence-electron chi connectivity index (χ0n) is 15.5. The quantitative estimate of drug-likeness (QED) is 0.374. The second-order valence-electron chi connectivity index (χ2n) is 7.94. The van der Waals surface area contributed by atoms with Gasteiger partial charge in [-0.3, -0.25) is 4.99 Å². The number of hydrogen-bond donors (Lipinski definition) is 1. The number of halogens is 1. The molecule has 4 rings (SSSR count). The molecular weight excluding hydrogens is 429 g/mol. The van der Waals surface area contributed by atoms with Gasteiger partial charge in [0.05, 0.1) is 12.7 Å². The number of nitrogens with zero attached hydrogens (tertiary/aromatic N) is 2. The van der Waals surface area contributed by atoms with E-state index in [0.29, 0.717) is 0 Å². The average molecular weight is 463 g/mol. The van der Waals surface area contributed by atoms with Crippen molar-refractivity contribution in [3.05, 3.63) is 0 Å². The summed E-state index contributed by atoms with van der Waals surface area (Å²) in [5, 5.41) is 3.52. The van der Waals surface area contributed by atoms with Crippen LogP contribution in [-0.2, 0) is 9.47 Å². The Labute approximate surface area is 169 Å². The van der Waals surface area contributed by atoms with Crippen LogP contribution < -0.4 is 5.32 Å². The van der Waals surface area contributed by atoms with Gasteiger partial charge in [0.25, 0.3) is 0 Å². The Balaban J connectivity index is 0.00000182. The molecule has 6 heteroatoms. The summed E-state index contributed by atoms with van der Waals surface area (Å²) in [6.07, 6.45) is 8.53. The molecular formula is C19H34IN3O2. The molecule has 2 unspecified atom stereocenters. The lowest BCUT2D eigenvalue weighted by atomic mass is 9.98. The van der Waals surface area contributed by atoms with E-state index in [1.54, 1.807) is 0 Å². The van der Waals surface area contributed by atoms with E-state index < -0.39 is 0 Å². The molecule has 4 aliphatic rings. The fourth-order valence-electron chi connectivity index (χ4n) is 4.34. The number of ether oxygens (including phenoxy) is 2. The van der Waals surface area contributed by atoms with Crippen molar-refractivity contribution in [2.24, 2.45) is 22.7 Å². The highest BCUT2D eigenvalue weighted by atomic mass is 127. The lowest BCUT2D eigenvalue weighted by Gasteiger charge is -2.37. The Bertz CT molecular complexity index is 436. The van der Waals surface area contributed by atoms with Crippen molar-refractivity contribution in [3.8, 4) is 0 Å². The van der Waals surface area contributed by atoms with E-state index in [1.165, 1.54) is 32.1 Å². The molecule has 4 fully saturated rings. The van der Waals surface area contributed by atoms with Crippen molar-refractivity contribution >= 4 is 29.9 Å². The van der Waals surface area contributed by atoms with Crippen molar-refractivity contribution in [1.29, 1.82) is 0 Å². The Kier molecular flexibility index (Phi) is 7.26. The Morgan fingerprint density at radius 3 is 2.40 bits per heavy atom. The summed E-state index contributed by atoms with van der Waals surface area (Å²) >= 11 is 0. The minimum atomic E-state index is 0. The maximum Gasteiger partial charge on any atom is 0.194 e. The first-order valence-electron chi connectivity index (χ1n) is 10.1. The van der Waals surface area contributed by atoms with E-state index in [9.17, 15) is 0 Å². The molecule has 0 radical (unpaired) electrons. The van der Waals surface area contributed by atoms with Crippen LogP contribution >= 0.6 is 24.0 Å². The van der Waals surface area contributed by atoms with E-state index in [4.69, 9.17) is 14.5 Å². The first kappa shape index (κ1) is 19.7. The van der Waals surface area contributed by atoms with Crippen LogP contribution in [0, 0.1) is 17.8 Å². The minimum Gasteiger partial charge on any atom is -0.375 e. The third-order valence-corrected chi connectivity index (χ3v) is 6.01. The third kappa shape index (κ3) is 5.22. The molecule has 144 valence electrons. The van der Waals surface area contributed by atoms with Crippen LogP contribution in [0.4, 0.5) is 0 Å². The fraction of sp³-hybridized carbons (Fsp3) is 0.947. The number of nitrogens with one attached hydrogen (secondary N) is 1. The van der Waals surface area contributed by atoms with Crippen LogP contribution in [0.15, 0.2) is 4.99 Å². The number of morpholine rings is 1. The smallest absolute Gasteiger partial charge is 0.194 e. The van der Waals surface area contributed by atoms with Gasteiger partial charge in [-0.25, -0.2) is 0 Å². The SMILES string of the molecule is CCNC(=NCC(C1CC1)C1CC1)N1CCOC(C2CCCO2)C1.I. The predicted molar refractivity (Wildman–Crippen MR) is 111 cm³/mol. The van der Waals surface area contributed by atoms with E-state index >= 15 is 0 Å². The van der Waals surface area contributed by atoms with Crippen molar-refractivity contribution in [3.63, 3.8) is 0 Å². The van der Waals surface area contributed by atoms with Gasteiger partial charge in [-0.15, -0.1) is 24.0 Å². The lowest BCUT2D eigenvalue weighted by Crippen LogP contribution is -2.53. The highest BCUT2D eigenvalue weighted by Crippen LogP contribution is 2.49.